The van der Waals surface area contributed by atoms with E-state index in [1.807, 2.05) is 13.8 Å². The Morgan fingerprint density at radius 3 is 2.67 bits per heavy atom. The molecule has 0 atom stereocenters. The van der Waals surface area contributed by atoms with Crippen LogP contribution in [0.25, 0.3) is 0 Å². The number of aromatic hydroxyl groups is 1. The molecular weight excluding hydrogens is 228 g/mol. The number of nitriles is 1. The van der Waals surface area contributed by atoms with Crippen LogP contribution in [0.3, 0.4) is 0 Å². The molecule has 1 heterocycles. The van der Waals surface area contributed by atoms with Crippen molar-refractivity contribution in [3.63, 3.8) is 0 Å². The number of phenolic OH excluding ortho intramolecular Hbond substituents is 1. The highest BCUT2D eigenvalue weighted by molar-refractivity contribution is 5.49. The molecule has 0 amide bonds. The zero-order valence-corrected chi connectivity index (χ0v) is 10.7. The summed E-state index contributed by atoms with van der Waals surface area (Å²) in [6.45, 7) is 5.60. The van der Waals surface area contributed by atoms with Gasteiger partial charge in [-0.2, -0.15) is 5.26 Å². The first-order valence-electron chi connectivity index (χ1n) is 6.07. The molecule has 96 valence electrons. The Morgan fingerprint density at radius 2 is 2.11 bits per heavy atom. The smallest absolute Gasteiger partial charge is 0.120 e. The fourth-order valence-electron chi connectivity index (χ4n) is 2.33. The number of aliphatic hydroxyl groups excluding tert-OH is 1. The molecule has 0 radical (unpaired) electrons. The fraction of sp³-hybridized carbons (Fsp3) is 0.500. The predicted molar refractivity (Wildman–Crippen MR) is 68.3 cm³/mol. The minimum atomic E-state index is -0.242. The molecule has 0 aromatic heterocycles. The monoisotopic (exact) mass is 246 g/mol. The van der Waals surface area contributed by atoms with Crippen LogP contribution in [0.2, 0.25) is 0 Å². The summed E-state index contributed by atoms with van der Waals surface area (Å²) in [5.74, 6) is 0.368. The van der Waals surface area contributed by atoms with Crippen molar-refractivity contribution in [1.82, 2.24) is 4.90 Å². The Labute approximate surface area is 107 Å². The van der Waals surface area contributed by atoms with Crippen molar-refractivity contribution in [3.8, 4) is 11.8 Å². The Morgan fingerprint density at radius 1 is 1.44 bits per heavy atom. The molecule has 2 rings (SSSR count). The van der Waals surface area contributed by atoms with Crippen LogP contribution in [0.1, 0.15) is 30.9 Å². The summed E-state index contributed by atoms with van der Waals surface area (Å²) in [6.07, 6.45) is 0. The molecular formula is C14H18N2O2. The largest absolute Gasteiger partial charge is 0.508 e. The Kier molecular flexibility index (Phi) is 3.29. The van der Waals surface area contributed by atoms with Gasteiger partial charge in [-0.3, -0.25) is 4.90 Å². The summed E-state index contributed by atoms with van der Waals surface area (Å²) in [5.41, 5.74) is 1.04. The van der Waals surface area contributed by atoms with Gasteiger partial charge in [-0.1, -0.05) is 6.07 Å². The summed E-state index contributed by atoms with van der Waals surface area (Å²) in [7, 11) is 0. The van der Waals surface area contributed by atoms with Crippen LogP contribution in [0.15, 0.2) is 18.2 Å². The number of hydrogen-bond acceptors (Lipinski definition) is 4. The van der Waals surface area contributed by atoms with Crippen LogP contribution < -0.4 is 0 Å². The Hall–Kier alpha value is -1.57. The first kappa shape index (κ1) is 12.9. The third kappa shape index (κ3) is 2.07. The Bertz CT molecular complexity index is 485. The van der Waals surface area contributed by atoms with Gasteiger partial charge in [0.1, 0.15) is 5.75 Å². The van der Waals surface area contributed by atoms with Gasteiger partial charge in [0, 0.05) is 30.1 Å². The molecule has 4 heteroatoms. The van der Waals surface area contributed by atoms with E-state index in [0.29, 0.717) is 5.56 Å². The van der Waals surface area contributed by atoms with E-state index in [9.17, 15) is 10.2 Å². The molecule has 2 N–H and O–H groups in total. The number of rotatable bonds is 3. The normalized spacial score (nSPS) is 17.2. The lowest BCUT2D eigenvalue weighted by molar-refractivity contribution is -0.00301. The summed E-state index contributed by atoms with van der Waals surface area (Å²) < 4.78 is 0. The maximum atomic E-state index is 9.89. The van der Waals surface area contributed by atoms with Crippen molar-refractivity contribution >= 4 is 0 Å². The van der Waals surface area contributed by atoms with E-state index in [4.69, 9.17) is 5.26 Å². The van der Waals surface area contributed by atoms with Crippen LogP contribution in [0, 0.1) is 11.3 Å². The van der Waals surface area contributed by atoms with Crippen LogP contribution in [0.5, 0.6) is 5.75 Å². The minimum absolute atomic E-state index is 0.103. The van der Waals surface area contributed by atoms with Gasteiger partial charge in [0.15, 0.2) is 0 Å². The molecule has 1 aliphatic heterocycles. The van der Waals surface area contributed by atoms with Gasteiger partial charge in [-0.05, 0) is 26.0 Å². The average Bonchev–Trinajstić information content (AvgIpc) is 2.29. The molecule has 0 saturated carbocycles. The minimum Gasteiger partial charge on any atom is -0.508 e. The maximum absolute atomic E-state index is 9.89. The second-order valence-corrected chi connectivity index (χ2v) is 5.42. The molecule has 0 bridgehead atoms. The highest BCUT2D eigenvalue weighted by atomic mass is 16.3. The molecule has 1 fully saturated rings. The van der Waals surface area contributed by atoms with E-state index in [0.717, 1.165) is 18.7 Å². The van der Waals surface area contributed by atoms with Gasteiger partial charge >= 0.3 is 0 Å². The Balaban J connectivity index is 2.16. The van der Waals surface area contributed by atoms with Gasteiger partial charge in [0.05, 0.1) is 18.2 Å². The SMILES string of the molecule is CC(C)(CO)N1CC(c2c(O)cccc2C#N)C1. The summed E-state index contributed by atoms with van der Waals surface area (Å²) in [4.78, 5) is 2.16. The molecule has 1 aromatic carbocycles. The van der Waals surface area contributed by atoms with E-state index < -0.39 is 0 Å². The standard InChI is InChI=1S/C14H18N2O2/c1-14(2,9-17)16-7-11(8-16)13-10(6-15)4-3-5-12(13)18/h3-5,11,17-18H,7-9H2,1-2H3. The lowest BCUT2D eigenvalue weighted by Crippen LogP contribution is -2.57. The molecule has 1 aliphatic rings. The van der Waals surface area contributed by atoms with Crippen LogP contribution >= 0.6 is 0 Å². The maximum Gasteiger partial charge on any atom is 0.120 e. The van der Waals surface area contributed by atoms with Crippen LogP contribution in [-0.4, -0.2) is 40.3 Å². The van der Waals surface area contributed by atoms with E-state index in [1.54, 1.807) is 18.2 Å². The highest BCUT2D eigenvalue weighted by Gasteiger charge is 2.39. The number of phenols is 1. The lowest BCUT2D eigenvalue weighted by atomic mass is 9.84. The van der Waals surface area contributed by atoms with E-state index in [-0.39, 0.29) is 23.8 Å². The second-order valence-electron chi connectivity index (χ2n) is 5.42. The van der Waals surface area contributed by atoms with Crippen molar-refractivity contribution < 1.29 is 10.2 Å². The predicted octanol–water partition coefficient (Wildman–Crippen LogP) is 1.43. The van der Waals surface area contributed by atoms with Crippen molar-refractivity contribution in [3.05, 3.63) is 29.3 Å². The highest BCUT2D eigenvalue weighted by Crippen LogP contribution is 2.38. The van der Waals surface area contributed by atoms with Gasteiger partial charge < -0.3 is 10.2 Å². The van der Waals surface area contributed by atoms with E-state index in [2.05, 4.69) is 11.0 Å². The molecule has 1 aromatic rings. The molecule has 18 heavy (non-hydrogen) atoms. The first-order valence-corrected chi connectivity index (χ1v) is 6.07. The fourth-order valence-corrected chi connectivity index (χ4v) is 2.33. The molecule has 1 saturated heterocycles. The van der Waals surface area contributed by atoms with E-state index in [1.165, 1.54) is 0 Å². The number of likely N-dealkylation sites (tertiary alicyclic amines) is 1. The first-order chi connectivity index (χ1) is 8.49. The molecule has 0 spiro atoms. The number of benzene rings is 1. The van der Waals surface area contributed by atoms with Gasteiger partial charge in [0.25, 0.3) is 0 Å². The van der Waals surface area contributed by atoms with Gasteiger partial charge in [-0.25, -0.2) is 0 Å². The molecule has 0 aliphatic carbocycles. The third-order valence-corrected chi connectivity index (χ3v) is 3.74. The third-order valence-electron chi connectivity index (χ3n) is 3.74. The molecule has 4 nitrogen and oxygen atoms in total. The summed E-state index contributed by atoms with van der Waals surface area (Å²) in [5, 5.41) is 28.3. The van der Waals surface area contributed by atoms with Gasteiger partial charge in [-0.15, -0.1) is 0 Å². The number of nitrogens with zero attached hydrogens (tertiary/aromatic N) is 2. The zero-order chi connectivity index (χ0) is 13.3. The van der Waals surface area contributed by atoms with Crippen molar-refractivity contribution in [2.45, 2.75) is 25.3 Å². The van der Waals surface area contributed by atoms with Crippen LogP contribution in [0.4, 0.5) is 0 Å². The zero-order valence-electron chi connectivity index (χ0n) is 10.7. The summed E-state index contributed by atoms with van der Waals surface area (Å²) in [6, 6.07) is 7.16. The van der Waals surface area contributed by atoms with Gasteiger partial charge in [0.2, 0.25) is 0 Å². The quantitative estimate of drug-likeness (QED) is 0.846. The van der Waals surface area contributed by atoms with Crippen LogP contribution in [-0.2, 0) is 0 Å². The van der Waals surface area contributed by atoms with Crippen molar-refractivity contribution in [2.24, 2.45) is 0 Å². The molecule has 0 unspecified atom stereocenters. The number of hydrogen-bond donors (Lipinski definition) is 2. The number of aliphatic hydroxyl groups is 1. The topological polar surface area (TPSA) is 67.5 Å². The summed E-state index contributed by atoms with van der Waals surface area (Å²) >= 11 is 0. The van der Waals surface area contributed by atoms with E-state index >= 15 is 0 Å². The average molecular weight is 246 g/mol. The van der Waals surface area contributed by atoms with Crippen molar-refractivity contribution in [1.29, 1.82) is 5.26 Å². The second kappa shape index (κ2) is 4.60. The van der Waals surface area contributed by atoms with Crippen molar-refractivity contribution in [2.75, 3.05) is 19.7 Å². The lowest BCUT2D eigenvalue weighted by Gasteiger charge is -2.48.